The normalized spacial score (nSPS) is 17.0. The van der Waals surface area contributed by atoms with E-state index in [0.717, 1.165) is 25.9 Å². The molecule has 1 aliphatic heterocycles. The van der Waals surface area contributed by atoms with Gasteiger partial charge in [0.15, 0.2) is 0 Å². The number of halogens is 2. The molecule has 1 aromatic rings. The van der Waals surface area contributed by atoms with Crippen molar-refractivity contribution in [3.63, 3.8) is 0 Å². The second kappa shape index (κ2) is 7.76. The Balaban J connectivity index is 1.83. The molecule has 8 heteroatoms. The first-order valence-corrected chi connectivity index (χ1v) is 8.99. The molecular weight excluding hydrogens is 335 g/mol. The highest BCUT2D eigenvalue weighted by atomic mass is 35.5. The minimum absolute atomic E-state index is 0.0573. The highest BCUT2D eigenvalue weighted by Crippen LogP contribution is 2.22. The Kier molecular flexibility index (Phi) is 6.28. The summed E-state index contributed by atoms with van der Waals surface area (Å²) in [7, 11) is -3.62. The number of hydrogen-bond donors (Lipinski definition) is 2. The van der Waals surface area contributed by atoms with E-state index in [-0.39, 0.29) is 27.6 Å². The summed E-state index contributed by atoms with van der Waals surface area (Å²) in [5.74, 6) is 0. The molecule has 0 aliphatic carbocycles. The summed E-state index contributed by atoms with van der Waals surface area (Å²) in [6, 6.07) is 4.22. The molecule has 0 aromatic heterocycles. The Morgan fingerprint density at radius 1 is 1.19 bits per heavy atom. The minimum Gasteiger partial charge on any atom is -0.377 e. The Morgan fingerprint density at radius 3 is 2.43 bits per heavy atom. The smallest absolute Gasteiger partial charge is 0.240 e. The summed E-state index contributed by atoms with van der Waals surface area (Å²) in [6.45, 7) is 2.45. The highest BCUT2D eigenvalue weighted by molar-refractivity contribution is 7.89. The van der Waals surface area contributed by atoms with Gasteiger partial charge in [-0.2, -0.15) is 0 Å². The molecule has 0 unspecified atom stereocenters. The number of hydrogen-bond acceptors (Lipinski definition) is 4. The van der Waals surface area contributed by atoms with Gasteiger partial charge < -0.3 is 10.1 Å². The van der Waals surface area contributed by atoms with Gasteiger partial charge in [0.25, 0.3) is 0 Å². The third kappa shape index (κ3) is 5.39. The molecule has 2 rings (SSSR count). The first-order chi connectivity index (χ1) is 9.97. The van der Waals surface area contributed by atoms with Crippen LogP contribution in [0.1, 0.15) is 12.8 Å². The highest BCUT2D eigenvalue weighted by Gasteiger charge is 2.16. The molecule has 1 aromatic carbocycles. The van der Waals surface area contributed by atoms with Crippen LogP contribution in [0, 0.1) is 0 Å². The molecule has 1 fully saturated rings. The fraction of sp³-hybridized carbons (Fsp3) is 0.538. The summed E-state index contributed by atoms with van der Waals surface area (Å²) in [4.78, 5) is 0.0573. The van der Waals surface area contributed by atoms with Crippen LogP contribution in [-0.2, 0) is 14.8 Å². The van der Waals surface area contributed by atoms with Gasteiger partial charge in [0.05, 0.1) is 17.6 Å². The topological polar surface area (TPSA) is 67.4 Å². The van der Waals surface area contributed by atoms with Crippen LogP contribution in [0.4, 0.5) is 0 Å². The summed E-state index contributed by atoms with van der Waals surface area (Å²) in [6.07, 6.45) is 2.11. The predicted octanol–water partition coefficient (Wildman–Crippen LogP) is 2.04. The van der Waals surface area contributed by atoms with Gasteiger partial charge in [-0.25, -0.2) is 13.1 Å². The monoisotopic (exact) mass is 352 g/mol. The van der Waals surface area contributed by atoms with E-state index in [1.807, 2.05) is 0 Å². The maximum Gasteiger partial charge on any atom is 0.240 e. The molecular formula is C13H18Cl2N2O3S. The molecule has 0 spiro atoms. The number of nitrogens with one attached hydrogen (secondary N) is 2. The lowest BCUT2D eigenvalue weighted by atomic mass is 10.1. The molecule has 5 nitrogen and oxygen atoms in total. The number of piperidine rings is 1. The zero-order valence-corrected chi connectivity index (χ0v) is 13.8. The van der Waals surface area contributed by atoms with E-state index in [4.69, 9.17) is 27.9 Å². The van der Waals surface area contributed by atoms with Crippen molar-refractivity contribution in [3.8, 4) is 0 Å². The van der Waals surface area contributed by atoms with Gasteiger partial charge in [0.2, 0.25) is 10.0 Å². The lowest BCUT2D eigenvalue weighted by Gasteiger charge is -2.22. The largest absolute Gasteiger partial charge is 0.377 e. The molecule has 0 atom stereocenters. The third-order valence-corrected chi connectivity index (χ3v) is 5.06. The van der Waals surface area contributed by atoms with E-state index in [1.165, 1.54) is 18.2 Å². The fourth-order valence-electron chi connectivity index (χ4n) is 2.13. The Labute approximate surface area is 135 Å². The van der Waals surface area contributed by atoms with Crippen molar-refractivity contribution in [2.45, 2.75) is 23.8 Å². The van der Waals surface area contributed by atoms with E-state index in [0.29, 0.717) is 6.61 Å². The van der Waals surface area contributed by atoms with Crippen molar-refractivity contribution in [2.24, 2.45) is 0 Å². The van der Waals surface area contributed by atoms with E-state index < -0.39 is 10.0 Å². The van der Waals surface area contributed by atoms with E-state index >= 15 is 0 Å². The molecule has 21 heavy (non-hydrogen) atoms. The molecule has 2 N–H and O–H groups in total. The zero-order valence-electron chi connectivity index (χ0n) is 11.4. The van der Waals surface area contributed by atoms with Crippen LogP contribution in [0.15, 0.2) is 23.1 Å². The van der Waals surface area contributed by atoms with Crippen LogP contribution in [0.25, 0.3) is 0 Å². The number of ether oxygens (including phenoxy) is 1. The summed E-state index contributed by atoms with van der Waals surface area (Å²) < 4.78 is 32.3. The van der Waals surface area contributed by atoms with Crippen LogP contribution in [0.2, 0.25) is 10.0 Å². The van der Waals surface area contributed by atoms with Crippen molar-refractivity contribution in [1.29, 1.82) is 0 Å². The second-order valence-electron chi connectivity index (χ2n) is 4.82. The van der Waals surface area contributed by atoms with Gasteiger partial charge >= 0.3 is 0 Å². The molecule has 1 saturated heterocycles. The first-order valence-electron chi connectivity index (χ1n) is 6.75. The Hall–Kier alpha value is -0.370. The van der Waals surface area contributed by atoms with Gasteiger partial charge in [0, 0.05) is 16.6 Å². The number of benzene rings is 1. The third-order valence-electron chi connectivity index (χ3n) is 3.18. The lowest BCUT2D eigenvalue weighted by molar-refractivity contribution is 0.0367. The van der Waals surface area contributed by atoms with Crippen LogP contribution in [0.5, 0.6) is 0 Å². The van der Waals surface area contributed by atoms with Gasteiger partial charge in [-0.1, -0.05) is 23.2 Å². The molecule has 0 amide bonds. The maximum atomic E-state index is 12.1. The van der Waals surface area contributed by atoms with Crippen molar-refractivity contribution < 1.29 is 13.2 Å². The maximum absolute atomic E-state index is 12.1. The minimum atomic E-state index is -3.62. The standard InChI is InChI=1S/C13H18Cl2N2O3S/c14-10-7-11(15)9-13(8-10)21(18,19)17-5-6-20-12-1-3-16-4-2-12/h7-9,12,16-17H,1-6H2. The van der Waals surface area contributed by atoms with E-state index in [2.05, 4.69) is 10.0 Å². The quantitative estimate of drug-likeness (QED) is 0.768. The molecule has 1 heterocycles. The molecule has 0 bridgehead atoms. The SMILES string of the molecule is O=S(=O)(NCCOC1CCNCC1)c1cc(Cl)cc(Cl)c1. The summed E-state index contributed by atoms with van der Waals surface area (Å²) >= 11 is 11.6. The second-order valence-corrected chi connectivity index (χ2v) is 7.46. The van der Waals surface area contributed by atoms with Gasteiger partial charge in [0.1, 0.15) is 0 Å². The number of sulfonamides is 1. The lowest BCUT2D eigenvalue weighted by Crippen LogP contribution is -2.34. The van der Waals surface area contributed by atoms with Crippen LogP contribution < -0.4 is 10.0 Å². The van der Waals surface area contributed by atoms with Crippen molar-refractivity contribution in [1.82, 2.24) is 10.0 Å². The Bertz CT molecular complexity index is 555. The molecule has 0 radical (unpaired) electrons. The van der Waals surface area contributed by atoms with Gasteiger partial charge in [-0.05, 0) is 44.1 Å². The van der Waals surface area contributed by atoms with E-state index in [9.17, 15) is 8.42 Å². The first kappa shape index (κ1) is 17.0. The van der Waals surface area contributed by atoms with Crippen LogP contribution >= 0.6 is 23.2 Å². The van der Waals surface area contributed by atoms with Gasteiger partial charge in [-0.3, -0.25) is 0 Å². The number of rotatable bonds is 6. The summed E-state index contributed by atoms with van der Waals surface area (Å²) in [5, 5.41) is 3.82. The van der Waals surface area contributed by atoms with Crippen molar-refractivity contribution in [3.05, 3.63) is 28.2 Å². The molecule has 0 saturated carbocycles. The Morgan fingerprint density at radius 2 is 1.81 bits per heavy atom. The van der Waals surface area contributed by atoms with Crippen LogP contribution in [-0.4, -0.2) is 40.8 Å². The average Bonchev–Trinajstić information content (AvgIpc) is 2.44. The molecule has 1 aliphatic rings. The summed E-state index contributed by atoms with van der Waals surface area (Å²) in [5.41, 5.74) is 0. The van der Waals surface area contributed by atoms with E-state index in [1.54, 1.807) is 0 Å². The zero-order chi connectivity index (χ0) is 15.3. The van der Waals surface area contributed by atoms with Crippen LogP contribution in [0.3, 0.4) is 0 Å². The molecule has 118 valence electrons. The van der Waals surface area contributed by atoms with Crippen molar-refractivity contribution >= 4 is 33.2 Å². The predicted molar refractivity (Wildman–Crippen MR) is 83.5 cm³/mol. The van der Waals surface area contributed by atoms with Crippen molar-refractivity contribution in [2.75, 3.05) is 26.2 Å². The fourth-order valence-corrected chi connectivity index (χ4v) is 3.87. The average molecular weight is 353 g/mol. The van der Waals surface area contributed by atoms with Gasteiger partial charge in [-0.15, -0.1) is 0 Å².